The average Bonchev–Trinajstić information content (AvgIpc) is 2.21. The Morgan fingerprint density at radius 3 is 1.33 bits per heavy atom. The molecule has 12 heavy (non-hydrogen) atoms. The Labute approximate surface area is 73.0 Å². The summed E-state index contributed by atoms with van der Waals surface area (Å²) in [4.78, 5) is 0. The Balaban J connectivity index is 0.000000561. The summed E-state index contributed by atoms with van der Waals surface area (Å²) in [6.45, 7) is 1.20. The van der Waals surface area contributed by atoms with E-state index in [1.807, 2.05) is 24.3 Å². The van der Waals surface area contributed by atoms with Crippen molar-refractivity contribution in [2.75, 3.05) is 7.11 Å². The number of benzene rings is 1. The zero-order valence-corrected chi connectivity index (χ0v) is 7.33. The minimum atomic E-state index is 0.602. The number of nitrogens with two attached hydrogens (primary N) is 2. The molecule has 0 aliphatic carbocycles. The van der Waals surface area contributed by atoms with Crippen molar-refractivity contribution in [1.29, 1.82) is 0 Å². The van der Waals surface area contributed by atoms with Gasteiger partial charge >= 0.3 is 0 Å². The first-order chi connectivity index (χ1) is 5.86. The van der Waals surface area contributed by atoms with Crippen LogP contribution in [0.3, 0.4) is 0 Å². The fourth-order valence-electron chi connectivity index (χ4n) is 0.811. The Morgan fingerprint density at radius 2 is 1.17 bits per heavy atom. The molecule has 0 aliphatic rings. The van der Waals surface area contributed by atoms with E-state index in [2.05, 4.69) is 0 Å². The molecule has 3 heteroatoms. The van der Waals surface area contributed by atoms with Crippen molar-refractivity contribution in [3.8, 4) is 0 Å². The topological polar surface area (TPSA) is 72.3 Å². The molecule has 0 unspecified atom stereocenters. The van der Waals surface area contributed by atoms with Crippen LogP contribution in [0.15, 0.2) is 24.3 Å². The molecule has 3 nitrogen and oxygen atoms in total. The highest BCUT2D eigenvalue weighted by Gasteiger charge is 1.88. The molecule has 0 fully saturated rings. The molecule has 0 aliphatic heterocycles. The maximum absolute atomic E-state index is 7.00. The molecular formula is C9H16N2O. The highest BCUT2D eigenvalue weighted by molar-refractivity contribution is 5.21. The second kappa shape index (κ2) is 6.79. The van der Waals surface area contributed by atoms with Gasteiger partial charge in [-0.1, -0.05) is 24.3 Å². The maximum atomic E-state index is 7.00. The lowest BCUT2D eigenvalue weighted by Crippen LogP contribution is -1.98. The Hall–Kier alpha value is -0.900. The van der Waals surface area contributed by atoms with Crippen molar-refractivity contribution in [1.82, 2.24) is 0 Å². The molecule has 5 N–H and O–H groups in total. The smallest absolute Gasteiger partial charge is 0.0319 e. The highest BCUT2D eigenvalue weighted by atomic mass is 16.2. The third-order valence-electron chi connectivity index (χ3n) is 1.49. The van der Waals surface area contributed by atoms with E-state index in [4.69, 9.17) is 16.6 Å². The Kier molecular flexibility index (Phi) is 6.28. The first-order valence-corrected chi connectivity index (χ1v) is 3.79. The summed E-state index contributed by atoms with van der Waals surface area (Å²) >= 11 is 0. The van der Waals surface area contributed by atoms with Gasteiger partial charge in [0.15, 0.2) is 0 Å². The maximum Gasteiger partial charge on any atom is 0.0319 e. The van der Waals surface area contributed by atoms with Crippen molar-refractivity contribution >= 4 is 0 Å². The summed E-state index contributed by atoms with van der Waals surface area (Å²) in [5.41, 5.74) is 13.1. The van der Waals surface area contributed by atoms with Crippen LogP contribution in [0.2, 0.25) is 0 Å². The van der Waals surface area contributed by atoms with Crippen LogP contribution >= 0.6 is 0 Å². The second-order valence-electron chi connectivity index (χ2n) is 2.22. The van der Waals surface area contributed by atoms with Gasteiger partial charge in [0.1, 0.15) is 0 Å². The van der Waals surface area contributed by atoms with E-state index in [9.17, 15) is 0 Å². The largest absolute Gasteiger partial charge is 0.400 e. The summed E-state index contributed by atoms with van der Waals surface area (Å²) in [6, 6.07) is 8.01. The lowest BCUT2D eigenvalue weighted by molar-refractivity contribution is 0.399. The lowest BCUT2D eigenvalue weighted by atomic mass is 10.1. The van der Waals surface area contributed by atoms with Crippen LogP contribution in [-0.2, 0) is 13.1 Å². The zero-order chi connectivity index (χ0) is 9.40. The highest BCUT2D eigenvalue weighted by Crippen LogP contribution is 2.01. The van der Waals surface area contributed by atoms with Crippen LogP contribution in [-0.4, -0.2) is 12.2 Å². The van der Waals surface area contributed by atoms with Gasteiger partial charge in [-0.15, -0.1) is 0 Å². The molecule has 0 atom stereocenters. The van der Waals surface area contributed by atoms with Crippen LogP contribution < -0.4 is 11.5 Å². The minimum absolute atomic E-state index is 0.602. The molecule has 0 spiro atoms. The number of hydrogen-bond acceptors (Lipinski definition) is 3. The van der Waals surface area contributed by atoms with Gasteiger partial charge < -0.3 is 16.6 Å². The van der Waals surface area contributed by atoms with Gasteiger partial charge in [-0.2, -0.15) is 0 Å². The summed E-state index contributed by atoms with van der Waals surface area (Å²) in [7, 11) is 1.00. The van der Waals surface area contributed by atoms with E-state index >= 15 is 0 Å². The molecule has 0 amide bonds. The minimum Gasteiger partial charge on any atom is -0.400 e. The van der Waals surface area contributed by atoms with Crippen LogP contribution in [0.1, 0.15) is 11.1 Å². The molecule has 0 heterocycles. The monoisotopic (exact) mass is 168 g/mol. The predicted molar refractivity (Wildman–Crippen MR) is 50.4 cm³/mol. The average molecular weight is 168 g/mol. The quantitative estimate of drug-likeness (QED) is 0.591. The van der Waals surface area contributed by atoms with Gasteiger partial charge in [-0.05, 0) is 11.1 Å². The fourth-order valence-corrected chi connectivity index (χ4v) is 0.811. The lowest BCUT2D eigenvalue weighted by Gasteiger charge is -1.97. The molecular weight excluding hydrogens is 152 g/mol. The molecule has 0 aromatic heterocycles. The van der Waals surface area contributed by atoms with E-state index in [0.29, 0.717) is 13.1 Å². The molecule has 1 aromatic carbocycles. The van der Waals surface area contributed by atoms with Crippen molar-refractivity contribution in [3.05, 3.63) is 35.4 Å². The van der Waals surface area contributed by atoms with E-state index in [-0.39, 0.29) is 0 Å². The third kappa shape index (κ3) is 3.48. The van der Waals surface area contributed by atoms with E-state index in [0.717, 1.165) is 18.2 Å². The number of aliphatic hydroxyl groups is 1. The zero-order valence-electron chi connectivity index (χ0n) is 7.33. The summed E-state index contributed by atoms with van der Waals surface area (Å²) in [5.74, 6) is 0. The van der Waals surface area contributed by atoms with Crippen LogP contribution in [0, 0.1) is 0 Å². The van der Waals surface area contributed by atoms with Crippen LogP contribution in [0.4, 0.5) is 0 Å². The van der Waals surface area contributed by atoms with Gasteiger partial charge in [-0.25, -0.2) is 0 Å². The van der Waals surface area contributed by atoms with Crippen molar-refractivity contribution in [2.24, 2.45) is 11.5 Å². The van der Waals surface area contributed by atoms with E-state index in [1.165, 1.54) is 0 Å². The van der Waals surface area contributed by atoms with Crippen LogP contribution in [0.5, 0.6) is 0 Å². The van der Waals surface area contributed by atoms with Gasteiger partial charge in [0.25, 0.3) is 0 Å². The normalized spacial score (nSPS) is 8.67. The molecule has 0 bridgehead atoms. The molecule has 1 rings (SSSR count). The molecule has 0 radical (unpaired) electrons. The van der Waals surface area contributed by atoms with Gasteiger partial charge in [0.2, 0.25) is 0 Å². The van der Waals surface area contributed by atoms with Crippen molar-refractivity contribution in [2.45, 2.75) is 13.1 Å². The molecule has 1 aromatic rings. The number of rotatable bonds is 2. The third-order valence-corrected chi connectivity index (χ3v) is 1.49. The summed E-state index contributed by atoms with van der Waals surface area (Å²) in [6.07, 6.45) is 0. The molecule has 68 valence electrons. The second-order valence-corrected chi connectivity index (χ2v) is 2.22. The van der Waals surface area contributed by atoms with Gasteiger partial charge in [-0.3, -0.25) is 0 Å². The Morgan fingerprint density at radius 1 is 0.917 bits per heavy atom. The number of aliphatic hydroxyl groups excluding tert-OH is 1. The van der Waals surface area contributed by atoms with E-state index < -0.39 is 0 Å². The SMILES string of the molecule is CO.NCc1ccc(CN)cc1. The van der Waals surface area contributed by atoms with Crippen molar-refractivity contribution in [3.63, 3.8) is 0 Å². The Bertz CT molecular complexity index is 173. The molecule has 0 saturated carbocycles. The fraction of sp³-hybridized carbons (Fsp3) is 0.333. The standard InChI is InChI=1S/C8H12N2.CH4O/c9-5-7-1-2-8(6-10)4-3-7;1-2/h1-4H,5-6,9-10H2;2H,1H3. The predicted octanol–water partition coefficient (Wildman–Crippen LogP) is 0.212. The molecule has 0 saturated heterocycles. The number of hydrogen-bond donors (Lipinski definition) is 3. The summed E-state index contributed by atoms with van der Waals surface area (Å²) < 4.78 is 0. The summed E-state index contributed by atoms with van der Waals surface area (Å²) in [5, 5.41) is 7.00. The van der Waals surface area contributed by atoms with E-state index in [1.54, 1.807) is 0 Å². The van der Waals surface area contributed by atoms with Crippen LogP contribution in [0.25, 0.3) is 0 Å². The van der Waals surface area contributed by atoms with Crippen molar-refractivity contribution < 1.29 is 5.11 Å². The first kappa shape index (κ1) is 11.1. The van der Waals surface area contributed by atoms with Gasteiger partial charge in [0, 0.05) is 20.2 Å². The van der Waals surface area contributed by atoms with Gasteiger partial charge in [0.05, 0.1) is 0 Å². The first-order valence-electron chi connectivity index (χ1n) is 3.79.